The smallest absolute Gasteiger partial charge is 0.223 e. The van der Waals surface area contributed by atoms with Gasteiger partial charge in [0, 0.05) is 72.5 Å². The molecule has 0 aromatic heterocycles. The molecule has 2 heterocycles. The lowest BCUT2D eigenvalue weighted by molar-refractivity contribution is -0.131. The van der Waals surface area contributed by atoms with E-state index in [1.54, 1.807) is 7.11 Å². The first-order valence-corrected chi connectivity index (χ1v) is 11.2. The molecule has 0 atom stereocenters. The lowest BCUT2D eigenvalue weighted by Gasteiger charge is -2.33. The average Bonchev–Trinajstić information content (AvgIpc) is 3.21. The molecule has 1 saturated heterocycles. The third-order valence-electron chi connectivity index (χ3n) is 6.03. The van der Waals surface area contributed by atoms with Gasteiger partial charge >= 0.3 is 0 Å². The standard InChI is InChI=1S/C23H37N5O2/c1-24-23(26-21-10-14-27(15-11-21)13-6-16-30-2)25-12-5-9-22(29)28-17-19-7-3-4-8-20(19)18-28/h3-4,7-8,21H,5-6,9-18H2,1-2H3,(H2,24,25,26). The maximum atomic E-state index is 12.5. The maximum Gasteiger partial charge on any atom is 0.223 e. The number of nitrogens with one attached hydrogen (secondary N) is 2. The molecule has 0 aliphatic carbocycles. The summed E-state index contributed by atoms with van der Waals surface area (Å²) >= 11 is 0. The third-order valence-corrected chi connectivity index (χ3v) is 6.03. The van der Waals surface area contributed by atoms with Crippen LogP contribution in [0.3, 0.4) is 0 Å². The molecule has 2 aliphatic rings. The van der Waals surface area contributed by atoms with E-state index in [9.17, 15) is 4.79 Å². The van der Waals surface area contributed by atoms with Crippen LogP contribution in [0.2, 0.25) is 0 Å². The highest BCUT2D eigenvalue weighted by Crippen LogP contribution is 2.22. The van der Waals surface area contributed by atoms with E-state index in [1.165, 1.54) is 11.1 Å². The zero-order chi connectivity index (χ0) is 21.2. The molecule has 7 nitrogen and oxygen atoms in total. The number of carbonyl (C=O) groups is 1. The maximum absolute atomic E-state index is 12.5. The highest BCUT2D eigenvalue weighted by Gasteiger charge is 2.22. The van der Waals surface area contributed by atoms with Crippen LogP contribution in [0.1, 0.15) is 43.2 Å². The van der Waals surface area contributed by atoms with E-state index in [4.69, 9.17) is 4.74 Å². The molecule has 0 spiro atoms. The molecule has 1 amide bonds. The number of nitrogens with zero attached hydrogens (tertiary/aromatic N) is 3. The van der Waals surface area contributed by atoms with Gasteiger partial charge in [0.25, 0.3) is 0 Å². The highest BCUT2D eigenvalue weighted by molar-refractivity contribution is 5.80. The van der Waals surface area contributed by atoms with Crippen molar-refractivity contribution in [1.29, 1.82) is 0 Å². The van der Waals surface area contributed by atoms with Gasteiger partial charge in [0.2, 0.25) is 5.91 Å². The summed E-state index contributed by atoms with van der Waals surface area (Å²) in [6.07, 6.45) is 4.73. The minimum atomic E-state index is 0.233. The molecule has 30 heavy (non-hydrogen) atoms. The molecule has 0 bridgehead atoms. The summed E-state index contributed by atoms with van der Waals surface area (Å²) in [4.78, 5) is 21.3. The van der Waals surface area contributed by atoms with Crippen LogP contribution in [0, 0.1) is 0 Å². The summed E-state index contributed by atoms with van der Waals surface area (Å²) in [5.74, 6) is 1.07. The average molecular weight is 416 g/mol. The van der Waals surface area contributed by atoms with E-state index >= 15 is 0 Å². The molecule has 0 saturated carbocycles. The number of hydrogen-bond acceptors (Lipinski definition) is 4. The Hall–Kier alpha value is -2.12. The van der Waals surface area contributed by atoms with E-state index in [0.29, 0.717) is 12.5 Å². The van der Waals surface area contributed by atoms with Crippen LogP contribution in [0.4, 0.5) is 0 Å². The summed E-state index contributed by atoms with van der Waals surface area (Å²) in [7, 11) is 3.57. The number of likely N-dealkylation sites (tertiary alicyclic amines) is 1. The number of rotatable bonds is 9. The minimum Gasteiger partial charge on any atom is -0.385 e. The number of guanidine groups is 1. The topological polar surface area (TPSA) is 69.2 Å². The SMILES string of the molecule is CN=C(NCCCC(=O)N1Cc2ccccc2C1)NC1CCN(CCCOC)CC1. The van der Waals surface area contributed by atoms with Gasteiger partial charge in [-0.3, -0.25) is 9.79 Å². The molecule has 3 rings (SSSR count). The Morgan fingerprint density at radius 2 is 1.87 bits per heavy atom. The number of ether oxygens (including phenoxy) is 1. The molecular formula is C23H37N5O2. The van der Waals surface area contributed by atoms with E-state index in [-0.39, 0.29) is 5.91 Å². The quantitative estimate of drug-likeness (QED) is 0.367. The zero-order valence-corrected chi connectivity index (χ0v) is 18.5. The molecule has 7 heteroatoms. The summed E-state index contributed by atoms with van der Waals surface area (Å²) in [5, 5.41) is 6.91. The Kier molecular flexibility index (Phi) is 8.96. The first kappa shape index (κ1) is 22.6. The van der Waals surface area contributed by atoms with E-state index in [2.05, 4.69) is 32.7 Å². The highest BCUT2D eigenvalue weighted by atomic mass is 16.5. The monoisotopic (exact) mass is 415 g/mol. The van der Waals surface area contributed by atoms with Crippen molar-refractivity contribution in [2.45, 2.75) is 51.2 Å². The first-order chi connectivity index (χ1) is 14.7. The number of benzene rings is 1. The normalized spacial score (nSPS) is 17.8. The molecule has 1 fully saturated rings. The van der Waals surface area contributed by atoms with Crippen molar-refractivity contribution in [2.24, 2.45) is 4.99 Å². The summed E-state index contributed by atoms with van der Waals surface area (Å²) < 4.78 is 5.14. The van der Waals surface area contributed by atoms with Crippen molar-refractivity contribution in [2.75, 3.05) is 46.9 Å². The number of aliphatic imine (C=N–C) groups is 1. The van der Waals surface area contributed by atoms with Crippen LogP contribution in [0.15, 0.2) is 29.3 Å². The predicted octanol–water partition coefficient (Wildman–Crippen LogP) is 1.97. The summed E-state index contributed by atoms with van der Waals surface area (Å²) in [5.41, 5.74) is 2.55. The van der Waals surface area contributed by atoms with Gasteiger partial charge in [-0.15, -0.1) is 0 Å². The van der Waals surface area contributed by atoms with Crippen molar-refractivity contribution in [3.8, 4) is 0 Å². The second-order valence-corrected chi connectivity index (χ2v) is 8.23. The Bertz CT molecular complexity index is 676. The number of amides is 1. The molecule has 1 aromatic rings. The predicted molar refractivity (Wildman–Crippen MR) is 120 cm³/mol. The summed E-state index contributed by atoms with van der Waals surface area (Å²) in [6, 6.07) is 8.77. The lowest BCUT2D eigenvalue weighted by Crippen LogP contribution is -2.49. The van der Waals surface area contributed by atoms with Crippen molar-refractivity contribution in [3.05, 3.63) is 35.4 Å². The molecule has 1 aromatic carbocycles. The fourth-order valence-corrected chi connectivity index (χ4v) is 4.24. The van der Waals surface area contributed by atoms with Gasteiger partial charge in [-0.25, -0.2) is 0 Å². The number of hydrogen-bond donors (Lipinski definition) is 2. The van der Waals surface area contributed by atoms with E-state index in [1.807, 2.05) is 24.1 Å². The minimum absolute atomic E-state index is 0.233. The molecular weight excluding hydrogens is 378 g/mol. The fraction of sp³-hybridized carbons (Fsp3) is 0.652. The molecule has 0 unspecified atom stereocenters. The molecule has 2 N–H and O–H groups in total. The van der Waals surface area contributed by atoms with Gasteiger partial charge in [-0.1, -0.05) is 24.3 Å². The van der Waals surface area contributed by atoms with Gasteiger partial charge in [0.15, 0.2) is 5.96 Å². The van der Waals surface area contributed by atoms with Gasteiger partial charge in [-0.2, -0.15) is 0 Å². The van der Waals surface area contributed by atoms with Crippen LogP contribution in [-0.4, -0.2) is 74.7 Å². The number of piperidine rings is 1. The molecule has 2 aliphatic heterocycles. The van der Waals surface area contributed by atoms with Crippen molar-refractivity contribution in [1.82, 2.24) is 20.4 Å². The van der Waals surface area contributed by atoms with E-state index in [0.717, 1.165) is 77.5 Å². The van der Waals surface area contributed by atoms with Crippen LogP contribution >= 0.6 is 0 Å². The second-order valence-electron chi connectivity index (χ2n) is 8.23. The largest absolute Gasteiger partial charge is 0.385 e. The van der Waals surface area contributed by atoms with Crippen molar-refractivity contribution >= 4 is 11.9 Å². The molecule has 166 valence electrons. The second kappa shape index (κ2) is 11.9. The number of methoxy groups -OCH3 is 1. The van der Waals surface area contributed by atoms with Crippen LogP contribution < -0.4 is 10.6 Å². The van der Waals surface area contributed by atoms with Gasteiger partial charge < -0.3 is 25.2 Å². The van der Waals surface area contributed by atoms with Gasteiger partial charge in [0.05, 0.1) is 0 Å². The summed E-state index contributed by atoms with van der Waals surface area (Å²) in [6.45, 7) is 6.43. The Morgan fingerprint density at radius 1 is 1.17 bits per heavy atom. The Labute approximate surface area is 180 Å². The van der Waals surface area contributed by atoms with Crippen LogP contribution in [0.25, 0.3) is 0 Å². The number of fused-ring (bicyclic) bond motifs is 1. The van der Waals surface area contributed by atoms with Crippen LogP contribution in [0.5, 0.6) is 0 Å². The zero-order valence-electron chi connectivity index (χ0n) is 18.5. The fourth-order valence-electron chi connectivity index (χ4n) is 4.24. The third kappa shape index (κ3) is 6.71. The molecule has 0 radical (unpaired) electrons. The van der Waals surface area contributed by atoms with Gasteiger partial charge in [-0.05, 0) is 36.8 Å². The lowest BCUT2D eigenvalue weighted by atomic mass is 10.1. The Morgan fingerprint density at radius 3 is 2.50 bits per heavy atom. The number of carbonyl (C=O) groups excluding carboxylic acids is 1. The Balaban J connectivity index is 1.29. The van der Waals surface area contributed by atoms with Crippen molar-refractivity contribution in [3.63, 3.8) is 0 Å². The van der Waals surface area contributed by atoms with Crippen LogP contribution in [-0.2, 0) is 22.6 Å². The van der Waals surface area contributed by atoms with Gasteiger partial charge in [0.1, 0.15) is 0 Å². The van der Waals surface area contributed by atoms with Crippen molar-refractivity contribution < 1.29 is 9.53 Å². The first-order valence-electron chi connectivity index (χ1n) is 11.2. The van der Waals surface area contributed by atoms with E-state index < -0.39 is 0 Å².